The maximum absolute atomic E-state index is 13.5. The van der Waals surface area contributed by atoms with Gasteiger partial charge >= 0.3 is 0 Å². The average Bonchev–Trinajstić information content (AvgIpc) is 2.95. The number of hydrogen-bond donors (Lipinski definition) is 0. The van der Waals surface area contributed by atoms with E-state index in [1.54, 1.807) is 18.2 Å². The van der Waals surface area contributed by atoms with Crippen LogP contribution in [0, 0.1) is 5.92 Å². The Morgan fingerprint density at radius 3 is 2.43 bits per heavy atom. The molecule has 1 atom stereocenters. The summed E-state index contributed by atoms with van der Waals surface area (Å²) < 4.78 is 0. The van der Waals surface area contributed by atoms with Crippen molar-refractivity contribution >= 4 is 46.3 Å². The van der Waals surface area contributed by atoms with Gasteiger partial charge in [-0.1, -0.05) is 66.5 Å². The first-order valence-electron chi connectivity index (χ1n) is 9.36. The zero-order chi connectivity index (χ0) is 19.8. The molecule has 2 heterocycles. The van der Waals surface area contributed by atoms with Gasteiger partial charge in [0, 0.05) is 13.1 Å². The number of piperidine rings is 1. The smallest absolute Gasteiger partial charge is 0.282 e. The molecule has 0 radical (unpaired) electrons. The minimum atomic E-state index is -0.367. The van der Waals surface area contributed by atoms with Gasteiger partial charge in [-0.15, -0.1) is 0 Å². The second-order valence-electron chi connectivity index (χ2n) is 7.30. The van der Waals surface area contributed by atoms with Crippen LogP contribution >= 0.6 is 23.2 Å². The Hall–Kier alpha value is -2.30. The van der Waals surface area contributed by atoms with E-state index in [-0.39, 0.29) is 16.8 Å². The van der Waals surface area contributed by atoms with Gasteiger partial charge in [0.05, 0.1) is 21.3 Å². The van der Waals surface area contributed by atoms with Gasteiger partial charge in [0.15, 0.2) is 0 Å². The third-order valence-electron chi connectivity index (χ3n) is 5.27. The van der Waals surface area contributed by atoms with Crippen molar-refractivity contribution in [2.75, 3.05) is 18.0 Å². The van der Waals surface area contributed by atoms with E-state index >= 15 is 0 Å². The minimum Gasteiger partial charge on any atom is -0.366 e. The molecule has 1 fully saturated rings. The van der Waals surface area contributed by atoms with Gasteiger partial charge in [-0.25, -0.2) is 4.90 Å². The van der Waals surface area contributed by atoms with Gasteiger partial charge in [0.25, 0.3) is 11.8 Å². The van der Waals surface area contributed by atoms with E-state index in [1.165, 1.54) is 0 Å². The molecule has 2 amide bonds. The summed E-state index contributed by atoms with van der Waals surface area (Å²) in [4.78, 5) is 30.1. The van der Waals surface area contributed by atoms with Crippen LogP contribution in [-0.2, 0) is 9.59 Å². The Morgan fingerprint density at radius 2 is 1.71 bits per heavy atom. The van der Waals surface area contributed by atoms with Crippen molar-refractivity contribution in [1.82, 2.24) is 4.90 Å². The van der Waals surface area contributed by atoms with E-state index < -0.39 is 0 Å². The highest BCUT2D eigenvalue weighted by Gasteiger charge is 2.43. The van der Waals surface area contributed by atoms with Crippen molar-refractivity contribution in [3.63, 3.8) is 0 Å². The SMILES string of the molecule is CC1CCCN(C2=C(c3ccccc3)C(=O)N(c3cccc(Cl)c3Cl)C2=O)C1. The third kappa shape index (κ3) is 3.21. The maximum atomic E-state index is 13.5. The molecule has 4 nitrogen and oxygen atoms in total. The normalized spacial score (nSPS) is 20.3. The second-order valence-corrected chi connectivity index (χ2v) is 8.09. The number of imide groups is 1. The monoisotopic (exact) mass is 414 g/mol. The van der Waals surface area contributed by atoms with E-state index in [0.29, 0.717) is 27.9 Å². The predicted molar refractivity (Wildman–Crippen MR) is 112 cm³/mol. The standard InChI is InChI=1S/C22H20Cl2N2O2/c1-14-7-6-12-25(13-14)20-18(15-8-3-2-4-9-15)21(27)26(22(20)28)17-11-5-10-16(23)19(17)24/h2-5,8-11,14H,6-7,12-13H2,1H3. The average molecular weight is 415 g/mol. The van der Waals surface area contributed by atoms with Gasteiger partial charge in [-0.3, -0.25) is 9.59 Å². The number of likely N-dealkylation sites (tertiary alicyclic amines) is 1. The molecule has 2 aromatic rings. The van der Waals surface area contributed by atoms with Crippen LogP contribution in [0.25, 0.3) is 5.57 Å². The summed E-state index contributed by atoms with van der Waals surface area (Å²) in [5, 5.41) is 0.507. The van der Waals surface area contributed by atoms with Gasteiger partial charge in [-0.05, 0) is 36.5 Å². The lowest BCUT2D eigenvalue weighted by Gasteiger charge is -2.33. The largest absolute Gasteiger partial charge is 0.366 e. The van der Waals surface area contributed by atoms with Gasteiger partial charge in [0.1, 0.15) is 5.70 Å². The molecule has 144 valence electrons. The second kappa shape index (κ2) is 7.61. The van der Waals surface area contributed by atoms with Crippen molar-refractivity contribution in [2.45, 2.75) is 19.8 Å². The van der Waals surface area contributed by atoms with Gasteiger partial charge in [-0.2, -0.15) is 0 Å². The number of carbonyl (C=O) groups is 2. The van der Waals surface area contributed by atoms with Crippen molar-refractivity contribution in [3.05, 3.63) is 69.8 Å². The lowest BCUT2D eigenvalue weighted by molar-refractivity contribution is -0.120. The number of benzene rings is 2. The number of rotatable bonds is 3. The predicted octanol–water partition coefficient (Wildman–Crippen LogP) is 5.01. The Kier molecular flexibility index (Phi) is 5.17. The highest BCUT2D eigenvalue weighted by atomic mass is 35.5. The molecular weight excluding hydrogens is 395 g/mol. The molecule has 2 aliphatic rings. The molecule has 1 saturated heterocycles. The first kappa shape index (κ1) is 19.0. The number of nitrogens with zero attached hydrogens (tertiary/aromatic N) is 2. The summed E-state index contributed by atoms with van der Waals surface area (Å²) in [6, 6.07) is 14.3. The van der Waals surface area contributed by atoms with Crippen molar-refractivity contribution < 1.29 is 9.59 Å². The minimum absolute atomic E-state index is 0.201. The maximum Gasteiger partial charge on any atom is 0.282 e. The lowest BCUT2D eigenvalue weighted by atomic mass is 9.98. The van der Waals surface area contributed by atoms with Crippen LogP contribution in [0.4, 0.5) is 5.69 Å². The summed E-state index contributed by atoms with van der Waals surface area (Å²) in [6.07, 6.45) is 2.11. The van der Waals surface area contributed by atoms with E-state index in [0.717, 1.165) is 36.4 Å². The Morgan fingerprint density at radius 1 is 0.964 bits per heavy atom. The zero-order valence-electron chi connectivity index (χ0n) is 15.5. The van der Waals surface area contributed by atoms with Crippen LogP contribution in [0.3, 0.4) is 0 Å². The molecule has 4 rings (SSSR count). The number of carbonyl (C=O) groups excluding carboxylic acids is 2. The van der Waals surface area contributed by atoms with Crippen molar-refractivity contribution in [3.8, 4) is 0 Å². The van der Waals surface area contributed by atoms with E-state index in [9.17, 15) is 9.59 Å². The molecule has 0 aliphatic carbocycles. The quantitative estimate of drug-likeness (QED) is 0.662. The lowest BCUT2D eigenvalue weighted by Crippen LogP contribution is -2.39. The summed E-state index contributed by atoms with van der Waals surface area (Å²) >= 11 is 12.5. The van der Waals surface area contributed by atoms with Crippen LogP contribution in [-0.4, -0.2) is 29.8 Å². The van der Waals surface area contributed by atoms with Crippen LogP contribution < -0.4 is 4.90 Å². The topological polar surface area (TPSA) is 40.6 Å². The van der Waals surface area contributed by atoms with Gasteiger partial charge in [0.2, 0.25) is 0 Å². The highest BCUT2D eigenvalue weighted by molar-refractivity contribution is 6.49. The molecule has 0 spiro atoms. The molecule has 0 bridgehead atoms. The summed E-state index contributed by atoms with van der Waals surface area (Å²) in [7, 11) is 0. The molecule has 0 saturated carbocycles. The fourth-order valence-corrected chi connectivity index (χ4v) is 4.33. The fourth-order valence-electron chi connectivity index (χ4n) is 3.95. The summed E-state index contributed by atoms with van der Waals surface area (Å²) in [5.74, 6) is -0.249. The number of amides is 2. The summed E-state index contributed by atoms with van der Waals surface area (Å²) in [5.41, 5.74) is 1.93. The molecule has 0 N–H and O–H groups in total. The molecular formula is C22H20Cl2N2O2. The molecule has 28 heavy (non-hydrogen) atoms. The Bertz CT molecular complexity index is 972. The highest BCUT2D eigenvalue weighted by Crippen LogP contribution is 2.40. The van der Waals surface area contributed by atoms with E-state index in [1.807, 2.05) is 30.3 Å². The molecule has 1 unspecified atom stereocenters. The van der Waals surface area contributed by atoms with Gasteiger partial charge < -0.3 is 4.90 Å². The first-order valence-corrected chi connectivity index (χ1v) is 10.1. The van der Waals surface area contributed by atoms with E-state index in [4.69, 9.17) is 23.2 Å². The fraction of sp³-hybridized carbons (Fsp3) is 0.273. The summed E-state index contributed by atoms with van der Waals surface area (Å²) in [6.45, 7) is 3.68. The molecule has 2 aliphatic heterocycles. The van der Waals surface area contributed by atoms with Crippen molar-refractivity contribution in [1.29, 1.82) is 0 Å². The van der Waals surface area contributed by atoms with Crippen LogP contribution in [0.15, 0.2) is 54.2 Å². The number of halogens is 2. The van der Waals surface area contributed by atoms with E-state index in [2.05, 4.69) is 11.8 Å². The Labute approximate surface area is 174 Å². The van der Waals surface area contributed by atoms with Crippen LogP contribution in [0.2, 0.25) is 10.0 Å². The number of anilines is 1. The van der Waals surface area contributed by atoms with Crippen LogP contribution in [0.5, 0.6) is 0 Å². The first-order chi connectivity index (χ1) is 13.5. The third-order valence-corrected chi connectivity index (χ3v) is 6.08. The van der Waals surface area contributed by atoms with Crippen molar-refractivity contribution in [2.24, 2.45) is 5.92 Å². The van der Waals surface area contributed by atoms with Crippen LogP contribution in [0.1, 0.15) is 25.3 Å². The molecule has 6 heteroatoms. The Balaban J connectivity index is 1.85. The molecule has 2 aromatic carbocycles. The number of hydrogen-bond acceptors (Lipinski definition) is 3. The zero-order valence-corrected chi connectivity index (χ0v) is 17.0. The molecule has 0 aromatic heterocycles.